The minimum absolute atomic E-state index is 0.174. The van der Waals surface area contributed by atoms with Crippen LogP contribution in [-0.4, -0.2) is 32.1 Å². The summed E-state index contributed by atoms with van der Waals surface area (Å²) < 4.78 is 15.8. The summed E-state index contributed by atoms with van der Waals surface area (Å²) in [6.45, 7) is 0. The molecule has 0 aliphatic carbocycles. The molecule has 3 rings (SSSR count). The van der Waals surface area contributed by atoms with E-state index >= 15 is 0 Å². The topological polar surface area (TPSA) is 57.7 Å². The average Bonchev–Trinajstić information content (AvgIpc) is 2.65. The third-order valence-electron chi connectivity index (χ3n) is 3.82. The zero-order valence-electron chi connectivity index (χ0n) is 13.7. The van der Waals surface area contributed by atoms with Crippen molar-refractivity contribution in [3.63, 3.8) is 0 Å². The first kappa shape index (κ1) is 15.8. The van der Waals surface area contributed by atoms with Gasteiger partial charge in [0.2, 0.25) is 5.78 Å². The zero-order valence-corrected chi connectivity index (χ0v) is 13.7. The van der Waals surface area contributed by atoms with Crippen LogP contribution in [0.15, 0.2) is 48.7 Å². The molecule has 5 nitrogen and oxygen atoms in total. The van der Waals surface area contributed by atoms with E-state index in [1.54, 1.807) is 57.9 Å². The predicted molar refractivity (Wildman–Crippen MR) is 91.3 cm³/mol. The number of carbonyl (C=O) groups excluding carboxylic acids is 1. The second kappa shape index (κ2) is 6.58. The normalized spacial score (nSPS) is 10.5. The van der Waals surface area contributed by atoms with Crippen molar-refractivity contribution in [3.05, 3.63) is 59.9 Å². The highest BCUT2D eigenvalue weighted by atomic mass is 16.5. The SMILES string of the molecule is COc1cccc(C(=O)c2nccc3cc(OC)c(OC)cc23)c1. The highest BCUT2D eigenvalue weighted by Gasteiger charge is 2.17. The number of hydrogen-bond acceptors (Lipinski definition) is 5. The van der Waals surface area contributed by atoms with Gasteiger partial charge in [0.15, 0.2) is 11.5 Å². The molecule has 0 saturated carbocycles. The number of methoxy groups -OCH3 is 3. The maximum atomic E-state index is 12.9. The Morgan fingerprint density at radius 2 is 1.67 bits per heavy atom. The van der Waals surface area contributed by atoms with Gasteiger partial charge in [-0.2, -0.15) is 0 Å². The molecule has 0 N–H and O–H groups in total. The smallest absolute Gasteiger partial charge is 0.212 e. The summed E-state index contributed by atoms with van der Waals surface area (Å²) in [5.74, 6) is 1.61. The van der Waals surface area contributed by atoms with E-state index in [0.717, 1.165) is 5.39 Å². The maximum Gasteiger partial charge on any atom is 0.212 e. The number of fused-ring (bicyclic) bond motifs is 1. The van der Waals surface area contributed by atoms with Gasteiger partial charge in [-0.25, -0.2) is 0 Å². The van der Waals surface area contributed by atoms with Gasteiger partial charge >= 0.3 is 0 Å². The van der Waals surface area contributed by atoms with Crippen molar-refractivity contribution >= 4 is 16.6 Å². The molecular weight excluding hydrogens is 306 g/mol. The molecule has 0 spiro atoms. The summed E-state index contributed by atoms with van der Waals surface area (Å²) in [6.07, 6.45) is 1.61. The van der Waals surface area contributed by atoms with E-state index in [1.165, 1.54) is 0 Å². The van der Waals surface area contributed by atoms with Gasteiger partial charge in [-0.3, -0.25) is 9.78 Å². The summed E-state index contributed by atoms with van der Waals surface area (Å²) in [5.41, 5.74) is 0.880. The van der Waals surface area contributed by atoms with Crippen molar-refractivity contribution in [2.24, 2.45) is 0 Å². The number of rotatable bonds is 5. The third kappa shape index (κ3) is 2.76. The van der Waals surface area contributed by atoms with Crippen LogP contribution in [0.2, 0.25) is 0 Å². The monoisotopic (exact) mass is 323 g/mol. The molecule has 0 aliphatic rings. The summed E-state index contributed by atoms with van der Waals surface area (Å²) in [6, 6.07) is 12.4. The molecule has 1 heterocycles. The Morgan fingerprint density at radius 1 is 0.917 bits per heavy atom. The standard InChI is InChI=1S/C19H17NO4/c1-22-14-6-4-5-13(9-14)19(21)18-15-11-17(24-3)16(23-2)10-12(15)7-8-20-18/h4-11H,1-3H3. The molecule has 0 fully saturated rings. The van der Waals surface area contributed by atoms with E-state index < -0.39 is 0 Å². The molecule has 122 valence electrons. The Kier molecular flexibility index (Phi) is 4.33. The van der Waals surface area contributed by atoms with Gasteiger partial charge in [0.1, 0.15) is 11.4 Å². The van der Waals surface area contributed by atoms with Gasteiger partial charge in [0.25, 0.3) is 0 Å². The number of aromatic nitrogens is 1. The van der Waals surface area contributed by atoms with E-state index in [4.69, 9.17) is 14.2 Å². The molecule has 24 heavy (non-hydrogen) atoms. The van der Waals surface area contributed by atoms with Gasteiger partial charge < -0.3 is 14.2 Å². The highest BCUT2D eigenvalue weighted by Crippen LogP contribution is 2.33. The molecule has 0 saturated heterocycles. The molecule has 0 aliphatic heterocycles. The Hall–Kier alpha value is -3.08. The lowest BCUT2D eigenvalue weighted by Gasteiger charge is -2.11. The van der Waals surface area contributed by atoms with Crippen LogP contribution in [0.3, 0.4) is 0 Å². The van der Waals surface area contributed by atoms with E-state index in [0.29, 0.717) is 33.9 Å². The van der Waals surface area contributed by atoms with Gasteiger partial charge in [-0.05, 0) is 35.7 Å². The van der Waals surface area contributed by atoms with Crippen LogP contribution in [0.25, 0.3) is 10.8 Å². The van der Waals surface area contributed by atoms with Crippen molar-refractivity contribution in [2.75, 3.05) is 21.3 Å². The first-order valence-corrected chi connectivity index (χ1v) is 7.37. The molecule has 0 atom stereocenters. The minimum atomic E-state index is -0.174. The number of hydrogen-bond donors (Lipinski definition) is 0. The highest BCUT2D eigenvalue weighted by molar-refractivity contribution is 6.15. The van der Waals surface area contributed by atoms with E-state index in [9.17, 15) is 4.79 Å². The largest absolute Gasteiger partial charge is 0.497 e. The summed E-state index contributed by atoms with van der Waals surface area (Å²) in [7, 11) is 4.70. The number of ketones is 1. The quantitative estimate of drug-likeness (QED) is 0.673. The molecule has 0 unspecified atom stereocenters. The van der Waals surface area contributed by atoms with Crippen LogP contribution >= 0.6 is 0 Å². The van der Waals surface area contributed by atoms with Crippen LogP contribution in [-0.2, 0) is 0 Å². The lowest BCUT2D eigenvalue weighted by atomic mass is 10.0. The number of pyridine rings is 1. The van der Waals surface area contributed by atoms with Crippen LogP contribution in [0.1, 0.15) is 16.1 Å². The van der Waals surface area contributed by atoms with Gasteiger partial charge in [0.05, 0.1) is 21.3 Å². The zero-order chi connectivity index (χ0) is 17.1. The van der Waals surface area contributed by atoms with Crippen LogP contribution < -0.4 is 14.2 Å². The number of carbonyl (C=O) groups is 1. The molecular formula is C19H17NO4. The number of ether oxygens (including phenoxy) is 3. The molecule has 1 aromatic heterocycles. The Bertz CT molecular complexity index is 905. The molecule has 2 aromatic carbocycles. The molecule has 0 amide bonds. The fourth-order valence-corrected chi connectivity index (χ4v) is 2.58. The Balaban J connectivity index is 2.16. The summed E-state index contributed by atoms with van der Waals surface area (Å²) >= 11 is 0. The third-order valence-corrected chi connectivity index (χ3v) is 3.82. The lowest BCUT2D eigenvalue weighted by molar-refractivity contribution is 0.103. The summed E-state index contributed by atoms with van der Waals surface area (Å²) in [4.78, 5) is 17.2. The van der Waals surface area contributed by atoms with Crippen LogP contribution in [0.5, 0.6) is 17.2 Å². The number of nitrogens with zero attached hydrogens (tertiary/aromatic N) is 1. The van der Waals surface area contributed by atoms with Crippen molar-refractivity contribution in [1.82, 2.24) is 4.98 Å². The van der Waals surface area contributed by atoms with E-state index in [2.05, 4.69) is 4.98 Å². The van der Waals surface area contributed by atoms with Crippen molar-refractivity contribution in [2.45, 2.75) is 0 Å². The Labute approximate surface area is 139 Å². The van der Waals surface area contributed by atoms with E-state index in [1.807, 2.05) is 12.1 Å². The molecule has 0 bridgehead atoms. The fourth-order valence-electron chi connectivity index (χ4n) is 2.58. The van der Waals surface area contributed by atoms with Gasteiger partial charge in [-0.15, -0.1) is 0 Å². The predicted octanol–water partition coefficient (Wildman–Crippen LogP) is 3.49. The fraction of sp³-hybridized carbons (Fsp3) is 0.158. The second-order valence-corrected chi connectivity index (χ2v) is 5.15. The van der Waals surface area contributed by atoms with Crippen LogP contribution in [0.4, 0.5) is 0 Å². The molecule has 5 heteroatoms. The minimum Gasteiger partial charge on any atom is -0.497 e. The molecule has 3 aromatic rings. The summed E-state index contributed by atoms with van der Waals surface area (Å²) in [5, 5.41) is 1.57. The average molecular weight is 323 g/mol. The van der Waals surface area contributed by atoms with Crippen molar-refractivity contribution in [1.29, 1.82) is 0 Å². The van der Waals surface area contributed by atoms with Crippen molar-refractivity contribution < 1.29 is 19.0 Å². The van der Waals surface area contributed by atoms with E-state index in [-0.39, 0.29) is 5.78 Å². The Morgan fingerprint density at radius 3 is 2.38 bits per heavy atom. The lowest BCUT2D eigenvalue weighted by Crippen LogP contribution is -2.05. The second-order valence-electron chi connectivity index (χ2n) is 5.15. The maximum absolute atomic E-state index is 12.9. The first-order chi connectivity index (χ1) is 11.7. The van der Waals surface area contributed by atoms with Crippen molar-refractivity contribution in [3.8, 4) is 17.2 Å². The first-order valence-electron chi connectivity index (χ1n) is 7.37. The molecule has 0 radical (unpaired) electrons. The number of benzene rings is 2. The van der Waals surface area contributed by atoms with Gasteiger partial charge in [0, 0.05) is 17.1 Å². The van der Waals surface area contributed by atoms with Crippen LogP contribution in [0, 0.1) is 0 Å². The van der Waals surface area contributed by atoms with Gasteiger partial charge in [-0.1, -0.05) is 12.1 Å².